The molecule has 0 aromatic carbocycles. The van der Waals surface area contributed by atoms with Gasteiger partial charge < -0.3 is 4.90 Å². The van der Waals surface area contributed by atoms with E-state index in [1.165, 1.54) is 51.9 Å². The Balaban J connectivity index is 1.87. The van der Waals surface area contributed by atoms with Gasteiger partial charge in [0.05, 0.1) is 0 Å². The minimum Gasteiger partial charge on any atom is -0.304 e. The van der Waals surface area contributed by atoms with Crippen molar-refractivity contribution in [2.45, 2.75) is 35.6 Å². The van der Waals surface area contributed by atoms with E-state index in [4.69, 9.17) is 0 Å². The molecule has 2 nitrogen and oxygen atoms in total. The molecule has 2 unspecified atom stereocenters. The minimum atomic E-state index is 0.887. The van der Waals surface area contributed by atoms with E-state index in [9.17, 15) is 0 Å². The second-order valence-electron chi connectivity index (χ2n) is 4.71. The zero-order chi connectivity index (χ0) is 9.97. The van der Waals surface area contributed by atoms with Crippen molar-refractivity contribution in [3.05, 3.63) is 0 Å². The second-order valence-corrected chi connectivity index (χ2v) is 6.31. The van der Waals surface area contributed by atoms with E-state index in [1.807, 2.05) is 0 Å². The molecule has 0 N–H and O–H groups in total. The van der Waals surface area contributed by atoms with Gasteiger partial charge in [-0.2, -0.15) is 0 Å². The van der Waals surface area contributed by atoms with Crippen molar-refractivity contribution in [3.8, 4) is 0 Å². The zero-order valence-corrected chi connectivity index (χ0v) is 11.2. The molecule has 1 saturated heterocycles. The molecule has 0 spiro atoms. The van der Waals surface area contributed by atoms with E-state index in [0.29, 0.717) is 0 Å². The number of halogens is 1. The van der Waals surface area contributed by atoms with Crippen molar-refractivity contribution in [1.82, 2.24) is 9.80 Å². The summed E-state index contributed by atoms with van der Waals surface area (Å²) in [6, 6.07) is 0.887. The monoisotopic (exact) mass is 308 g/mol. The number of nitrogens with zero attached hydrogens (tertiary/aromatic N) is 2. The summed E-state index contributed by atoms with van der Waals surface area (Å²) in [5, 5.41) is 0. The molecule has 14 heavy (non-hydrogen) atoms. The van der Waals surface area contributed by atoms with E-state index in [2.05, 4.69) is 39.4 Å². The Bertz CT molecular complexity index is 178. The predicted octanol–water partition coefficient (Wildman–Crippen LogP) is 1.98. The molecule has 2 aliphatic rings. The first-order valence-corrected chi connectivity index (χ1v) is 7.08. The summed E-state index contributed by atoms with van der Waals surface area (Å²) in [6.45, 7) is 5.11. The van der Waals surface area contributed by atoms with Gasteiger partial charge in [0.2, 0.25) is 0 Å². The molecular formula is C11H21IN2. The molecule has 0 amide bonds. The lowest BCUT2D eigenvalue weighted by Gasteiger charge is -2.41. The Morgan fingerprint density at radius 3 is 2.29 bits per heavy atom. The van der Waals surface area contributed by atoms with Crippen molar-refractivity contribution in [2.75, 3.05) is 33.2 Å². The van der Waals surface area contributed by atoms with Crippen LogP contribution in [0, 0.1) is 0 Å². The Hall–Kier alpha value is 0.650. The number of hydrogen-bond acceptors (Lipinski definition) is 2. The quantitative estimate of drug-likeness (QED) is 0.540. The molecular weight excluding hydrogens is 287 g/mol. The first-order valence-electron chi connectivity index (χ1n) is 5.84. The van der Waals surface area contributed by atoms with Crippen LogP contribution in [0.5, 0.6) is 0 Å². The Labute approximate surface area is 101 Å². The maximum Gasteiger partial charge on any atom is 0.0265 e. The van der Waals surface area contributed by atoms with Crippen LogP contribution in [0.25, 0.3) is 0 Å². The van der Waals surface area contributed by atoms with E-state index in [1.54, 1.807) is 0 Å². The summed E-state index contributed by atoms with van der Waals surface area (Å²) in [7, 11) is 2.24. The minimum absolute atomic E-state index is 0.887. The molecule has 2 rings (SSSR count). The van der Waals surface area contributed by atoms with Crippen LogP contribution >= 0.6 is 22.6 Å². The largest absolute Gasteiger partial charge is 0.304 e. The summed E-state index contributed by atoms with van der Waals surface area (Å²) in [6.07, 6.45) is 5.79. The lowest BCUT2D eigenvalue weighted by atomic mass is 9.94. The number of hydrogen-bond donors (Lipinski definition) is 0. The van der Waals surface area contributed by atoms with Crippen LogP contribution in [0.4, 0.5) is 0 Å². The van der Waals surface area contributed by atoms with Crippen molar-refractivity contribution >= 4 is 22.6 Å². The summed E-state index contributed by atoms with van der Waals surface area (Å²) in [5.74, 6) is 0. The molecule has 1 aliphatic heterocycles. The fourth-order valence-corrected chi connectivity index (χ4v) is 3.89. The third-order valence-electron chi connectivity index (χ3n) is 3.65. The highest BCUT2D eigenvalue weighted by Crippen LogP contribution is 2.29. The van der Waals surface area contributed by atoms with Crippen LogP contribution in [0.3, 0.4) is 0 Å². The van der Waals surface area contributed by atoms with Crippen molar-refractivity contribution in [3.63, 3.8) is 0 Å². The summed E-state index contributed by atoms with van der Waals surface area (Å²) in [4.78, 5) is 5.18. The molecule has 3 heteroatoms. The van der Waals surface area contributed by atoms with Crippen LogP contribution < -0.4 is 0 Å². The highest BCUT2D eigenvalue weighted by Gasteiger charge is 2.29. The first kappa shape index (κ1) is 11.1. The van der Waals surface area contributed by atoms with Gasteiger partial charge in [-0.25, -0.2) is 0 Å². The van der Waals surface area contributed by atoms with Crippen molar-refractivity contribution < 1.29 is 0 Å². The Morgan fingerprint density at radius 1 is 1.00 bits per heavy atom. The lowest BCUT2D eigenvalue weighted by Crippen LogP contribution is -2.52. The molecule has 0 aromatic heterocycles. The van der Waals surface area contributed by atoms with Gasteiger partial charge in [0.25, 0.3) is 0 Å². The van der Waals surface area contributed by atoms with Crippen LogP contribution in [0.2, 0.25) is 0 Å². The molecule has 0 bridgehead atoms. The number of likely N-dealkylation sites (N-methyl/N-ethyl adjacent to an activating group) is 1. The third kappa shape index (κ3) is 2.61. The van der Waals surface area contributed by atoms with Gasteiger partial charge in [-0.3, -0.25) is 4.90 Å². The van der Waals surface area contributed by atoms with E-state index in [-0.39, 0.29) is 0 Å². The third-order valence-corrected chi connectivity index (χ3v) is 5.11. The standard InChI is InChI=1S/C11H21IN2/c1-13-6-8-14(9-7-13)11-5-3-2-4-10(11)12/h10-11H,2-9H2,1H3. The van der Waals surface area contributed by atoms with Gasteiger partial charge >= 0.3 is 0 Å². The summed E-state index contributed by atoms with van der Waals surface area (Å²) in [5.41, 5.74) is 0. The summed E-state index contributed by atoms with van der Waals surface area (Å²) < 4.78 is 0.907. The van der Waals surface area contributed by atoms with Crippen LogP contribution in [0.15, 0.2) is 0 Å². The average Bonchev–Trinajstić information content (AvgIpc) is 2.20. The summed E-state index contributed by atoms with van der Waals surface area (Å²) >= 11 is 2.67. The highest BCUT2D eigenvalue weighted by atomic mass is 127. The molecule has 1 saturated carbocycles. The number of rotatable bonds is 1. The second kappa shape index (κ2) is 5.12. The molecule has 1 aliphatic carbocycles. The van der Waals surface area contributed by atoms with Crippen LogP contribution in [-0.4, -0.2) is 53.0 Å². The fourth-order valence-electron chi connectivity index (χ4n) is 2.63. The van der Waals surface area contributed by atoms with Gasteiger partial charge in [-0.05, 0) is 19.9 Å². The predicted molar refractivity (Wildman–Crippen MR) is 69.1 cm³/mol. The molecule has 0 aromatic rings. The van der Waals surface area contributed by atoms with Gasteiger partial charge in [-0.15, -0.1) is 0 Å². The van der Waals surface area contributed by atoms with Crippen molar-refractivity contribution in [1.29, 1.82) is 0 Å². The highest BCUT2D eigenvalue weighted by molar-refractivity contribution is 14.1. The maximum absolute atomic E-state index is 2.73. The van der Waals surface area contributed by atoms with Crippen LogP contribution in [-0.2, 0) is 0 Å². The molecule has 2 fully saturated rings. The average molecular weight is 308 g/mol. The smallest absolute Gasteiger partial charge is 0.0265 e. The zero-order valence-electron chi connectivity index (χ0n) is 9.08. The van der Waals surface area contributed by atoms with Crippen LogP contribution in [0.1, 0.15) is 25.7 Å². The van der Waals surface area contributed by atoms with Gasteiger partial charge in [0.1, 0.15) is 0 Å². The topological polar surface area (TPSA) is 6.48 Å². The van der Waals surface area contributed by atoms with E-state index < -0.39 is 0 Å². The SMILES string of the molecule is CN1CCN(C2CCCCC2I)CC1. The number of piperazine rings is 1. The molecule has 82 valence electrons. The van der Waals surface area contributed by atoms with Crippen molar-refractivity contribution in [2.24, 2.45) is 0 Å². The first-order chi connectivity index (χ1) is 6.77. The van der Waals surface area contributed by atoms with E-state index in [0.717, 1.165) is 9.97 Å². The molecule has 1 heterocycles. The number of alkyl halides is 1. The Morgan fingerprint density at radius 2 is 1.64 bits per heavy atom. The lowest BCUT2D eigenvalue weighted by molar-refractivity contribution is 0.0971. The maximum atomic E-state index is 2.73. The molecule has 0 radical (unpaired) electrons. The van der Waals surface area contributed by atoms with Gasteiger partial charge in [0, 0.05) is 36.1 Å². The van der Waals surface area contributed by atoms with Gasteiger partial charge in [0.15, 0.2) is 0 Å². The Kier molecular flexibility index (Phi) is 4.08. The van der Waals surface area contributed by atoms with E-state index >= 15 is 0 Å². The normalized spacial score (nSPS) is 37.3. The van der Waals surface area contributed by atoms with Gasteiger partial charge in [-0.1, -0.05) is 35.4 Å². The fraction of sp³-hybridized carbons (Fsp3) is 1.00. The molecule has 2 atom stereocenters.